The Balaban J connectivity index is 0.000000254. The molecule has 196 valence electrons. The van der Waals surface area contributed by atoms with Gasteiger partial charge in [-0.25, -0.2) is 0 Å². The van der Waals surface area contributed by atoms with Crippen molar-refractivity contribution in [2.75, 3.05) is 0 Å². The van der Waals surface area contributed by atoms with Gasteiger partial charge in [-0.3, -0.25) is 0 Å². The second-order valence-corrected chi connectivity index (χ2v) is 16.0. The minimum absolute atomic E-state index is 0. The molecule has 0 heterocycles. The van der Waals surface area contributed by atoms with Gasteiger partial charge >= 0.3 is 26.2 Å². The van der Waals surface area contributed by atoms with E-state index in [1.54, 1.807) is 10.4 Å². The molecular formula is C34H34Cl2Si2Zr. The molecule has 0 aliphatic carbocycles. The summed E-state index contributed by atoms with van der Waals surface area (Å²) >= 11 is 0. The van der Waals surface area contributed by atoms with Crippen molar-refractivity contribution in [1.82, 2.24) is 0 Å². The van der Waals surface area contributed by atoms with E-state index in [2.05, 4.69) is 148 Å². The van der Waals surface area contributed by atoms with Crippen LogP contribution in [0.15, 0.2) is 121 Å². The molecule has 0 radical (unpaired) electrons. The van der Waals surface area contributed by atoms with Gasteiger partial charge in [0, 0.05) is 17.6 Å². The maximum absolute atomic E-state index is 2.40. The van der Waals surface area contributed by atoms with E-state index >= 15 is 0 Å². The van der Waals surface area contributed by atoms with Crippen molar-refractivity contribution in [2.45, 2.75) is 26.2 Å². The van der Waals surface area contributed by atoms with Crippen LogP contribution in [0.25, 0.3) is 43.8 Å². The summed E-state index contributed by atoms with van der Waals surface area (Å²) in [5.41, 5.74) is 5.64. The molecule has 6 aromatic carbocycles. The molecule has 5 heteroatoms. The molecule has 6 rings (SSSR count). The molecule has 0 spiro atoms. The van der Waals surface area contributed by atoms with Crippen LogP contribution in [0.3, 0.4) is 0 Å². The van der Waals surface area contributed by atoms with Gasteiger partial charge in [0.1, 0.15) is 0 Å². The van der Waals surface area contributed by atoms with E-state index in [-0.39, 0.29) is 51.0 Å². The minimum atomic E-state index is -0.813. The predicted octanol–water partition coefficient (Wildman–Crippen LogP) is 1.84. The number of rotatable bonds is 4. The summed E-state index contributed by atoms with van der Waals surface area (Å²) in [5, 5.41) is 8.74. The second-order valence-electron chi connectivity index (χ2n) is 10.2. The van der Waals surface area contributed by atoms with Gasteiger partial charge in [0.25, 0.3) is 0 Å². The van der Waals surface area contributed by atoms with Crippen LogP contribution in [0.4, 0.5) is 0 Å². The molecular weight excluding hydrogens is 627 g/mol. The van der Waals surface area contributed by atoms with Gasteiger partial charge in [-0.15, -0.1) is 91.6 Å². The van der Waals surface area contributed by atoms with Gasteiger partial charge in [0.2, 0.25) is 0 Å². The Hall–Kier alpha value is -2.00. The van der Waals surface area contributed by atoms with Crippen molar-refractivity contribution in [1.29, 1.82) is 0 Å². The Labute approximate surface area is 268 Å². The summed E-state index contributed by atoms with van der Waals surface area (Å²) in [5.74, 6) is 0. The van der Waals surface area contributed by atoms with Crippen LogP contribution in [0.1, 0.15) is 0 Å². The van der Waals surface area contributed by atoms with Crippen molar-refractivity contribution in [3.8, 4) is 22.3 Å². The van der Waals surface area contributed by atoms with Gasteiger partial charge in [-0.05, 0) is 0 Å². The second kappa shape index (κ2) is 15.1. The summed E-state index contributed by atoms with van der Waals surface area (Å²) in [7, 11) is -1.63. The van der Waals surface area contributed by atoms with Gasteiger partial charge in [-0.1, -0.05) is 110 Å². The van der Waals surface area contributed by atoms with Gasteiger partial charge in [-0.2, -0.15) is 0 Å². The molecule has 0 saturated heterocycles. The SMILES string of the molecule is C[SiH](C)c1[cH-]c2ccccc2c1-c1ccccc1.C[SiH](C)c1[cH-]c2ccccc2c1-c1ccccc1.[Cl-].[Cl-].[Zr+4]. The summed E-state index contributed by atoms with van der Waals surface area (Å²) in [4.78, 5) is 0. The number of halogens is 2. The molecule has 0 fully saturated rings. The first kappa shape index (κ1) is 33.2. The monoisotopic (exact) mass is 658 g/mol. The first-order valence-electron chi connectivity index (χ1n) is 13.0. The third-order valence-corrected chi connectivity index (χ3v) is 10.4. The fraction of sp³-hybridized carbons (Fsp3) is 0.118. The quantitative estimate of drug-likeness (QED) is 0.200. The van der Waals surface area contributed by atoms with E-state index in [1.807, 2.05) is 0 Å². The van der Waals surface area contributed by atoms with Crippen molar-refractivity contribution in [2.24, 2.45) is 0 Å². The van der Waals surface area contributed by atoms with E-state index in [9.17, 15) is 0 Å². The normalized spacial score (nSPS) is 10.4. The van der Waals surface area contributed by atoms with Gasteiger partial charge < -0.3 is 24.8 Å². The third kappa shape index (κ3) is 7.20. The van der Waals surface area contributed by atoms with Crippen LogP contribution in [-0.2, 0) is 26.2 Å². The first-order chi connectivity index (χ1) is 17.5. The van der Waals surface area contributed by atoms with Crippen LogP contribution in [-0.4, -0.2) is 17.6 Å². The standard InChI is InChI=1S/2C17H17Si.2ClH.Zr/c2*1-18(2)16-12-14-10-6-7-11-15(14)17(16)13-8-4-3-5-9-13;;;/h2*3-12,18H,1-2H3;2*1H;/q2*-1;;;+4/p-2. The van der Waals surface area contributed by atoms with Crippen molar-refractivity contribution in [3.63, 3.8) is 0 Å². The Kier molecular flexibility index (Phi) is 12.9. The van der Waals surface area contributed by atoms with Crippen LogP contribution in [0.5, 0.6) is 0 Å². The van der Waals surface area contributed by atoms with E-state index < -0.39 is 17.6 Å². The van der Waals surface area contributed by atoms with Crippen molar-refractivity contribution in [3.05, 3.63) is 121 Å². The molecule has 0 amide bonds. The zero-order chi connectivity index (χ0) is 25.1. The molecule has 0 aliphatic rings. The van der Waals surface area contributed by atoms with E-state index in [0.717, 1.165) is 0 Å². The largest absolute Gasteiger partial charge is 4.00 e. The van der Waals surface area contributed by atoms with Gasteiger partial charge in [0.15, 0.2) is 0 Å². The minimum Gasteiger partial charge on any atom is -1.00 e. The van der Waals surface area contributed by atoms with Gasteiger partial charge in [0.05, 0.1) is 0 Å². The number of benzene rings is 4. The number of fused-ring (bicyclic) bond motifs is 2. The Morgan fingerprint density at radius 3 is 1.08 bits per heavy atom. The maximum Gasteiger partial charge on any atom is 4.00 e. The predicted molar refractivity (Wildman–Crippen MR) is 167 cm³/mol. The number of hydrogen-bond donors (Lipinski definition) is 0. The maximum atomic E-state index is 2.40. The third-order valence-electron chi connectivity index (χ3n) is 7.03. The summed E-state index contributed by atoms with van der Waals surface area (Å²) < 4.78 is 0. The summed E-state index contributed by atoms with van der Waals surface area (Å²) in [6.45, 7) is 9.61. The molecule has 0 N–H and O–H groups in total. The van der Waals surface area contributed by atoms with Crippen molar-refractivity contribution < 1.29 is 51.0 Å². The topological polar surface area (TPSA) is 0 Å². The fourth-order valence-electron chi connectivity index (χ4n) is 5.26. The first-order valence-corrected chi connectivity index (χ1v) is 18.8. The summed E-state index contributed by atoms with van der Waals surface area (Å²) in [6.07, 6.45) is 0. The average Bonchev–Trinajstić information content (AvgIpc) is 3.50. The molecule has 0 aromatic heterocycles. The molecule has 0 aliphatic heterocycles. The fourth-order valence-corrected chi connectivity index (χ4v) is 8.08. The zero-order valence-electron chi connectivity index (χ0n) is 23.0. The molecule has 6 aromatic rings. The van der Waals surface area contributed by atoms with Crippen LogP contribution in [0.2, 0.25) is 26.2 Å². The molecule has 0 bridgehead atoms. The Morgan fingerprint density at radius 1 is 0.436 bits per heavy atom. The zero-order valence-corrected chi connectivity index (χ0v) is 29.2. The molecule has 39 heavy (non-hydrogen) atoms. The van der Waals surface area contributed by atoms with E-state index in [1.165, 1.54) is 43.8 Å². The van der Waals surface area contributed by atoms with Crippen LogP contribution >= 0.6 is 0 Å². The average molecular weight is 661 g/mol. The molecule has 0 unspecified atom stereocenters. The molecule has 0 atom stereocenters. The number of hydrogen-bond acceptors (Lipinski definition) is 0. The molecule has 0 saturated carbocycles. The Morgan fingerprint density at radius 2 is 0.744 bits per heavy atom. The smallest absolute Gasteiger partial charge is 1.00 e. The van der Waals surface area contributed by atoms with E-state index in [0.29, 0.717) is 0 Å². The molecule has 0 nitrogen and oxygen atoms in total. The van der Waals surface area contributed by atoms with Crippen LogP contribution < -0.4 is 35.2 Å². The van der Waals surface area contributed by atoms with E-state index in [4.69, 9.17) is 0 Å². The Bertz CT molecular complexity index is 1460. The van der Waals surface area contributed by atoms with Crippen LogP contribution in [0, 0.1) is 0 Å². The summed E-state index contributed by atoms with van der Waals surface area (Å²) in [6, 6.07) is 43.9. The van der Waals surface area contributed by atoms with Crippen molar-refractivity contribution >= 4 is 49.5 Å².